The molecular formula is C95H110F5LiN16O14. The number of rotatable bonds is 18. The topological polar surface area (TPSA) is 365 Å². The summed E-state index contributed by atoms with van der Waals surface area (Å²) in [5, 5.41) is 39.5. The van der Waals surface area contributed by atoms with Gasteiger partial charge in [-0.15, -0.1) is 0 Å². The largest absolute Gasteiger partial charge is 1.00 e. The van der Waals surface area contributed by atoms with Crippen molar-refractivity contribution in [2.45, 2.75) is 26.2 Å². The smallest absolute Gasteiger partial charge is 0.870 e. The number of aliphatic hydroxyl groups is 1. The number of halogens is 5. The second-order valence-electron chi connectivity index (χ2n) is 30.0. The zero-order chi connectivity index (χ0) is 93.1. The first kappa shape index (κ1) is 104. The van der Waals surface area contributed by atoms with Crippen LogP contribution in [0.5, 0.6) is 0 Å². The number of benzene rings is 6. The van der Waals surface area contributed by atoms with Gasteiger partial charge in [-0.05, 0) is 144 Å². The van der Waals surface area contributed by atoms with Crippen molar-refractivity contribution < 1.29 is 111 Å². The van der Waals surface area contributed by atoms with Gasteiger partial charge in [0.25, 0.3) is 23.6 Å². The van der Waals surface area contributed by atoms with E-state index >= 15 is 0 Å². The van der Waals surface area contributed by atoms with Crippen LogP contribution in [0.25, 0.3) is 0 Å². The van der Waals surface area contributed by atoms with E-state index in [0.29, 0.717) is 83.4 Å². The Balaban J connectivity index is 0.000000223. The standard InChI is InChI=1S/C28H30FN5O2.C19H20FN3O3.C18H18FN3O3.C11H15FN2.C10H14N2.C7H5NO4.CH3F.CH4O.Li.H2O/c29-23-11-9-22(10-12-23)21-31-13-15-33(16-14-31)27(35)25-7-4-8-26(30-25)28(36)34-19-17-32(18-20-34)24-5-2-1-3-6-24;1-26-19(25)17-4-2-3-16(21-17)18(24)23-11-9-22(10-12-23)13-14-5-7-15(20)8-6-14;19-14-6-4-13(5-7-14)12-21-8-10-22(11-9-21)17(23)15-2-1-3-16(20-15)18(24)25;12-11-3-1-10(2-4-11)9-14-7-5-13-6-8-14;1-2-4-10(5-3-1)12-8-6-11-7-9-12;9-6(10)4-2-1-3-5(8-4)7(11)12;2*1-2;;/h1-12H,13-21H2;2-8H,9-13H2,1H3;1-7H,8-12H2,(H,24,25);1-4,13H,5-9H2;1-5,11H,6-9H2;1-3H,(H,9,10)(H,11,12);1H3;2H,1H3;;1H2/q;;;;;;;;+1;/p-1/i;;;;;;1D;;;. The van der Waals surface area contributed by atoms with Gasteiger partial charge < -0.3 is 70.7 Å². The van der Waals surface area contributed by atoms with Gasteiger partial charge >= 0.3 is 42.7 Å². The molecule has 690 valence electrons. The third kappa shape index (κ3) is 34.2. The van der Waals surface area contributed by atoms with E-state index in [9.17, 15) is 60.3 Å². The minimum Gasteiger partial charge on any atom is -0.870 e. The Bertz CT molecular complexity index is 5170. The number of ether oxygens (including phenoxy) is 1. The summed E-state index contributed by atoms with van der Waals surface area (Å²) in [6.45, 7) is 22.3. The van der Waals surface area contributed by atoms with E-state index in [-0.39, 0.29) is 105 Å². The Morgan fingerprint density at radius 2 is 0.542 bits per heavy atom. The van der Waals surface area contributed by atoms with Gasteiger partial charge in [0.05, 0.1) is 15.6 Å². The van der Waals surface area contributed by atoms with E-state index in [1.807, 2.05) is 35.2 Å². The summed E-state index contributed by atoms with van der Waals surface area (Å²) < 4.78 is 71.8. The van der Waals surface area contributed by atoms with Gasteiger partial charge in [-0.25, -0.2) is 56.7 Å². The zero-order valence-electron chi connectivity index (χ0n) is 74.5. The van der Waals surface area contributed by atoms with Crippen LogP contribution in [0.2, 0.25) is 0 Å². The molecule has 4 amide bonds. The monoisotopic (exact) mass is 1800 g/mol. The SMILES string of the molecule is CO.COC(=O)c1cccc(C(=O)N2CCN(Cc3ccc(F)cc3)CC2)n1.Fc1ccc(CN2CCNCC2)cc1.O=C(O)c1cccc(C(=O)N2CCN(Cc3ccc(F)cc3)CC2)n1.O=C(O)c1cccc(C(=O)O)n1.O=C(c1cccc(C(=O)N2CCN(c3ccccc3)CC2)n1)N1CCN(Cc2ccc(F)cc2)CC1.[2H]CF.[Li+].[OH-].c1ccc(N2CCNCC2)cc1. The molecule has 6 aliphatic heterocycles. The van der Waals surface area contributed by atoms with Crippen molar-refractivity contribution in [3.63, 3.8) is 0 Å². The number of hydrogen-bond donors (Lipinski definition) is 6. The number of amides is 4. The summed E-state index contributed by atoms with van der Waals surface area (Å²) in [5.74, 6) is -5.84. The number of methoxy groups -OCH3 is 1. The number of aliphatic hydroxyl groups excluding tert-OH is 1. The molecule has 6 fully saturated rings. The minimum absolute atomic E-state index is 0. The van der Waals surface area contributed by atoms with E-state index in [2.05, 4.69) is 107 Å². The van der Waals surface area contributed by atoms with Crippen LogP contribution in [0.4, 0.5) is 33.3 Å². The van der Waals surface area contributed by atoms with Gasteiger partial charge in [-0.3, -0.25) is 43.2 Å². The normalized spacial score (nSPS) is 15.1. The maximum Gasteiger partial charge on any atom is 1.00 e. The number of esters is 1. The Kier molecular flexibility index (Phi) is 44.2. The van der Waals surface area contributed by atoms with Crippen LogP contribution in [-0.2, 0) is 30.9 Å². The predicted octanol–water partition coefficient (Wildman–Crippen LogP) is 6.81. The minimum atomic E-state index is -1.24. The molecular weight excluding hydrogens is 1690 g/mol. The van der Waals surface area contributed by atoms with Gasteiger partial charge in [0, 0.05) is 202 Å². The van der Waals surface area contributed by atoms with Crippen LogP contribution in [0, 0.1) is 23.3 Å². The van der Waals surface area contributed by atoms with Crippen LogP contribution in [0.1, 0.15) is 108 Å². The molecule has 10 aromatic rings. The van der Waals surface area contributed by atoms with Gasteiger partial charge in [-0.1, -0.05) is 109 Å². The number of nitrogens with zero attached hydrogens (tertiary/aromatic N) is 14. The fraction of sp³-hybridized carbons (Fsp3) is 0.326. The van der Waals surface area contributed by atoms with Crippen LogP contribution in [0.3, 0.4) is 0 Å². The number of hydrogen-bond acceptors (Lipinski definition) is 23. The third-order valence-corrected chi connectivity index (χ3v) is 21.3. The van der Waals surface area contributed by atoms with E-state index in [4.69, 9.17) is 21.8 Å². The number of para-hydroxylation sites is 2. The van der Waals surface area contributed by atoms with Gasteiger partial charge in [0.15, 0.2) is 0 Å². The first-order valence-corrected chi connectivity index (χ1v) is 42.0. The van der Waals surface area contributed by atoms with Crippen LogP contribution in [-0.4, -0.2) is 311 Å². The molecule has 131 heavy (non-hydrogen) atoms. The fourth-order valence-electron chi connectivity index (χ4n) is 14.4. The zero-order valence-corrected chi connectivity index (χ0v) is 73.5. The Morgan fingerprint density at radius 3 is 0.817 bits per heavy atom. The first-order valence-electron chi connectivity index (χ1n) is 42.7. The third-order valence-electron chi connectivity index (χ3n) is 21.3. The molecule has 30 nitrogen and oxygen atoms in total. The first-order chi connectivity index (χ1) is 63.0. The van der Waals surface area contributed by atoms with Crippen molar-refractivity contribution in [3.8, 4) is 0 Å². The summed E-state index contributed by atoms with van der Waals surface area (Å²) >= 11 is 0. The van der Waals surface area contributed by atoms with Crippen molar-refractivity contribution in [1.29, 1.82) is 0 Å². The summed E-state index contributed by atoms with van der Waals surface area (Å²) in [7, 11) is 1.28. The Hall–Kier alpha value is -12.8. The molecule has 0 bridgehead atoms. The maximum atomic E-state index is 13.1. The van der Waals surface area contributed by atoms with E-state index in [1.165, 1.54) is 109 Å². The van der Waals surface area contributed by atoms with Crippen molar-refractivity contribution in [2.24, 2.45) is 0 Å². The fourth-order valence-corrected chi connectivity index (χ4v) is 14.4. The molecule has 36 heteroatoms. The van der Waals surface area contributed by atoms with Crippen molar-refractivity contribution >= 4 is 58.9 Å². The average Bonchev–Trinajstić information content (AvgIpc) is 0.816. The maximum absolute atomic E-state index is 13.1. The molecule has 6 saturated heterocycles. The summed E-state index contributed by atoms with van der Waals surface area (Å²) in [6.07, 6.45) is 0. The van der Waals surface area contributed by atoms with Crippen molar-refractivity contribution in [2.75, 3.05) is 188 Å². The summed E-state index contributed by atoms with van der Waals surface area (Å²) in [5.41, 5.74) is 7.25. The molecule has 0 aliphatic carbocycles. The Morgan fingerprint density at radius 1 is 0.321 bits per heavy atom. The molecule has 4 aromatic heterocycles. The number of alkyl halides is 1. The number of carboxylic acids is 3. The van der Waals surface area contributed by atoms with E-state index in [0.717, 1.165) is 141 Å². The predicted molar refractivity (Wildman–Crippen MR) is 480 cm³/mol. The van der Waals surface area contributed by atoms with Crippen LogP contribution in [0.15, 0.2) is 231 Å². The number of piperazine rings is 6. The Labute approximate surface area is 771 Å². The molecule has 0 unspecified atom stereocenters. The molecule has 0 spiro atoms. The quantitative estimate of drug-likeness (QED) is 0.0292. The molecule has 16 rings (SSSR count). The summed E-state index contributed by atoms with van der Waals surface area (Å²) in [4.78, 5) is 131. The number of carbonyl (C=O) groups is 8. The molecule has 0 radical (unpaired) electrons. The number of pyridine rings is 4. The number of carboxylic acid groups (broad SMARTS) is 3. The van der Waals surface area contributed by atoms with Crippen molar-refractivity contribution in [1.82, 2.24) is 69.8 Å². The molecule has 10 heterocycles. The molecule has 7 N–H and O–H groups in total. The number of aromatic nitrogens is 4. The number of nitrogens with one attached hydrogen (secondary N) is 2. The van der Waals surface area contributed by atoms with E-state index in [1.54, 1.807) is 81.4 Å². The van der Waals surface area contributed by atoms with E-state index < -0.39 is 31.0 Å². The number of aromatic carboxylic acids is 3. The van der Waals surface area contributed by atoms with Crippen LogP contribution < -0.4 is 39.3 Å². The number of anilines is 2. The summed E-state index contributed by atoms with van der Waals surface area (Å²) in [6, 6.07) is 65.0. The van der Waals surface area contributed by atoms with Gasteiger partial charge in [0.1, 0.15) is 68.8 Å². The van der Waals surface area contributed by atoms with Crippen LogP contribution >= 0.6 is 0 Å². The molecule has 0 saturated carbocycles. The van der Waals surface area contributed by atoms with Gasteiger partial charge in [0.2, 0.25) is 0 Å². The second kappa shape index (κ2) is 55.9. The number of carbonyl (C=O) groups excluding carboxylic acids is 5. The molecule has 6 aromatic carbocycles. The average molecular weight is 1800 g/mol. The van der Waals surface area contributed by atoms with Gasteiger partial charge in [-0.2, -0.15) is 0 Å². The second-order valence-corrected chi connectivity index (χ2v) is 30.0. The molecule has 6 aliphatic rings. The molecule has 0 atom stereocenters. The van der Waals surface area contributed by atoms with Crippen molar-refractivity contribution in [3.05, 3.63) is 322 Å².